The molecule has 0 heterocycles. The van der Waals surface area contributed by atoms with Crippen molar-refractivity contribution in [1.29, 1.82) is 0 Å². The van der Waals surface area contributed by atoms with E-state index in [2.05, 4.69) is 4.72 Å². The van der Waals surface area contributed by atoms with Gasteiger partial charge in [0.15, 0.2) is 0 Å². The first-order valence-corrected chi connectivity index (χ1v) is 7.33. The monoisotopic (exact) mass is 321 g/mol. The highest BCUT2D eigenvalue weighted by Crippen LogP contribution is 2.22. The van der Waals surface area contributed by atoms with Gasteiger partial charge in [-0.05, 0) is 19.1 Å². The molecule has 0 bridgehead atoms. The molecule has 1 atom stereocenters. The van der Waals surface area contributed by atoms with Crippen molar-refractivity contribution in [2.45, 2.75) is 17.9 Å². The fraction of sp³-hybridized carbons (Fsp3) is 0.200. The molecule has 104 valence electrons. The molecule has 1 rings (SSSR count). The Morgan fingerprint density at radius 3 is 2.47 bits per heavy atom. The summed E-state index contributed by atoms with van der Waals surface area (Å²) in [6, 6.07) is 3.04. The molecule has 1 aromatic carbocycles. The highest BCUT2D eigenvalue weighted by atomic mass is 35.5. The number of carbonyl (C=O) groups excluding carboxylic acids is 1. The van der Waals surface area contributed by atoms with Crippen molar-refractivity contribution in [2.75, 3.05) is 0 Å². The molecule has 0 aromatic heterocycles. The lowest BCUT2D eigenvalue weighted by molar-refractivity contribution is -0.119. The van der Waals surface area contributed by atoms with Gasteiger partial charge in [0.1, 0.15) is 9.88 Å². The highest BCUT2D eigenvalue weighted by Gasteiger charge is 2.23. The van der Waals surface area contributed by atoms with Crippen molar-refractivity contribution >= 4 is 44.7 Å². The largest absolute Gasteiger partial charge is 0.389 e. The van der Waals surface area contributed by atoms with Crippen LogP contribution in [-0.2, 0) is 14.8 Å². The quantitative estimate of drug-likeness (QED) is 0.667. The highest BCUT2D eigenvalue weighted by molar-refractivity contribution is 7.89. The molecule has 0 aliphatic heterocycles. The van der Waals surface area contributed by atoms with Crippen molar-refractivity contribution in [1.82, 2.24) is 4.72 Å². The molecule has 6 nitrogen and oxygen atoms in total. The van der Waals surface area contributed by atoms with E-state index in [-0.39, 0.29) is 14.9 Å². The van der Waals surface area contributed by atoms with E-state index in [9.17, 15) is 13.2 Å². The summed E-state index contributed by atoms with van der Waals surface area (Å²) in [6.45, 7) is 1.32. The van der Waals surface area contributed by atoms with E-state index in [0.717, 1.165) is 0 Å². The van der Waals surface area contributed by atoms with Crippen LogP contribution < -0.4 is 16.2 Å². The van der Waals surface area contributed by atoms with E-state index in [0.29, 0.717) is 5.56 Å². The maximum absolute atomic E-state index is 12.1. The van der Waals surface area contributed by atoms with Crippen LogP contribution in [0.15, 0.2) is 23.1 Å². The van der Waals surface area contributed by atoms with Gasteiger partial charge in [0.05, 0.1) is 11.1 Å². The van der Waals surface area contributed by atoms with Crippen LogP contribution in [0, 0.1) is 0 Å². The minimum Gasteiger partial charge on any atom is -0.389 e. The van der Waals surface area contributed by atoms with Gasteiger partial charge in [-0.2, -0.15) is 4.72 Å². The minimum absolute atomic E-state index is 0.0100. The van der Waals surface area contributed by atoms with E-state index in [1.54, 1.807) is 0 Å². The third kappa shape index (κ3) is 3.87. The third-order valence-corrected chi connectivity index (χ3v) is 4.52. The Bertz CT molecular complexity index is 631. The van der Waals surface area contributed by atoms with Crippen LogP contribution in [0.2, 0.25) is 5.02 Å². The second kappa shape index (κ2) is 5.83. The molecular formula is C10H12ClN3O3S2. The maximum Gasteiger partial charge on any atom is 0.242 e. The van der Waals surface area contributed by atoms with Crippen LogP contribution in [-0.4, -0.2) is 25.4 Å². The van der Waals surface area contributed by atoms with Gasteiger partial charge in [-0.1, -0.05) is 29.9 Å². The molecule has 0 saturated heterocycles. The smallest absolute Gasteiger partial charge is 0.242 e. The molecule has 1 unspecified atom stereocenters. The Labute approximate surface area is 121 Å². The van der Waals surface area contributed by atoms with Crippen LogP contribution in [0.5, 0.6) is 0 Å². The zero-order valence-corrected chi connectivity index (χ0v) is 12.3. The lowest BCUT2D eigenvalue weighted by atomic mass is 10.2. The summed E-state index contributed by atoms with van der Waals surface area (Å²) in [5, 5.41) is -0.0100. The second-order valence-corrected chi connectivity index (χ2v) is 6.28. The van der Waals surface area contributed by atoms with E-state index in [4.69, 9.17) is 35.3 Å². The lowest BCUT2D eigenvalue weighted by Gasteiger charge is -2.12. The lowest BCUT2D eigenvalue weighted by Crippen LogP contribution is -2.42. The summed E-state index contributed by atoms with van der Waals surface area (Å²) in [6.07, 6.45) is 0. The number of sulfonamides is 1. The van der Waals surface area contributed by atoms with E-state index in [1.165, 1.54) is 25.1 Å². The second-order valence-electron chi connectivity index (χ2n) is 3.75. The first-order valence-electron chi connectivity index (χ1n) is 5.06. The Kier molecular flexibility index (Phi) is 4.86. The molecule has 9 heteroatoms. The number of nitrogens with two attached hydrogens (primary N) is 2. The minimum atomic E-state index is -3.99. The Morgan fingerprint density at radius 1 is 1.42 bits per heavy atom. The van der Waals surface area contributed by atoms with Gasteiger partial charge in [0.25, 0.3) is 0 Å². The SMILES string of the molecule is CC(NS(=O)(=O)c1cc(C(N)=S)ccc1Cl)C(N)=O. The topological polar surface area (TPSA) is 115 Å². The number of hydrogen-bond acceptors (Lipinski definition) is 4. The molecule has 5 N–H and O–H groups in total. The number of primary amides is 1. The average molecular weight is 322 g/mol. The Hall–Kier alpha value is -1.22. The predicted octanol–water partition coefficient (Wildman–Crippen LogP) is 0.126. The molecular weight excluding hydrogens is 310 g/mol. The van der Waals surface area contributed by atoms with Crippen LogP contribution in [0.1, 0.15) is 12.5 Å². The first kappa shape index (κ1) is 15.8. The number of benzene rings is 1. The van der Waals surface area contributed by atoms with Crippen LogP contribution in [0.3, 0.4) is 0 Å². The maximum atomic E-state index is 12.1. The zero-order valence-electron chi connectivity index (χ0n) is 9.88. The summed E-state index contributed by atoms with van der Waals surface area (Å²) in [7, 11) is -3.99. The third-order valence-electron chi connectivity index (χ3n) is 2.26. The first-order chi connectivity index (χ1) is 8.65. The summed E-state index contributed by atoms with van der Waals surface area (Å²) in [4.78, 5) is 10.7. The summed E-state index contributed by atoms with van der Waals surface area (Å²) in [5.41, 5.74) is 10.8. The average Bonchev–Trinajstić information content (AvgIpc) is 2.28. The molecule has 0 radical (unpaired) electrons. The van der Waals surface area contributed by atoms with Gasteiger partial charge in [-0.25, -0.2) is 8.42 Å². The molecule has 1 aromatic rings. The predicted molar refractivity (Wildman–Crippen MR) is 76.3 cm³/mol. The fourth-order valence-electron chi connectivity index (χ4n) is 1.22. The van der Waals surface area contributed by atoms with Crippen LogP contribution >= 0.6 is 23.8 Å². The van der Waals surface area contributed by atoms with Crippen LogP contribution in [0.25, 0.3) is 0 Å². The molecule has 0 spiro atoms. The summed E-state index contributed by atoms with van der Waals surface area (Å²) in [5.74, 6) is -0.801. The Balaban J connectivity index is 3.24. The fourth-order valence-corrected chi connectivity index (χ4v) is 3.08. The number of amides is 1. The van der Waals surface area contributed by atoms with Gasteiger partial charge in [0, 0.05) is 5.56 Å². The summed E-state index contributed by atoms with van der Waals surface area (Å²) < 4.78 is 26.2. The van der Waals surface area contributed by atoms with Crippen molar-refractivity contribution in [3.05, 3.63) is 28.8 Å². The number of halogens is 1. The molecule has 19 heavy (non-hydrogen) atoms. The number of nitrogens with one attached hydrogen (secondary N) is 1. The number of thiocarbonyl (C=S) groups is 1. The molecule has 0 fully saturated rings. The molecule has 0 aliphatic rings. The Morgan fingerprint density at radius 2 is 2.00 bits per heavy atom. The molecule has 0 saturated carbocycles. The standard InChI is InChI=1S/C10H12ClN3O3S2/c1-5(9(12)15)14-19(16,17)8-4-6(10(13)18)2-3-7(8)11/h2-5,14H,1H3,(H2,12,15)(H2,13,18). The van der Waals surface area contributed by atoms with Gasteiger partial charge in [-0.3, -0.25) is 4.79 Å². The number of rotatable bonds is 5. The van der Waals surface area contributed by atoms with Gasteiger partial charge < -0.3 is 11.5 Å². The zero-order chi connectivity index (χ0) is 14.8. The van der Waals surface area contributed by atoms with Gasteiger partial charge in [-0.15, -0.1) is 0 Å². The number of hydrogen-bond donors (Lipinski definition) is 3. The van der Waals surface area contributed by atoms with Crippen molar-refractivity contribution in [3.63, 3.8) is 0 Å². The van der Waals surface area contributed by atoms with Gasteiger partial charge >= 0.3 is 0 Å². The van der Waals surface area contributed by atoms with Crippen molar-refractivity contribution in [3.8, 4) is 0 Å². The normalized spacial score (nSPS) is 12.9. The van der Waals surface area contributed by atoms with Crippen molar-refractivity contribution < 1.29 is 13.2 Å². The van der Waals surface area contributed by atoms with E-state index >= 15 is 0 Å². The molecule has 1 amide bonds. The van der Waals surface area contributed by atoms with Crippen molar-refractivity contribution in [2.24, 2.45) is 11.5 Å². The van der Waals surface area contributed by atoms with Crippen LogP contribution in [0.4, 0.5) is 0 Å². The summed E-state index contributed by atoms with van der Waals surface area (Å²) >= 11 is 10.6. The van der Waals surface area contributed by atoms with Gasteiger partial charge in [0.2, 0.25) is 15.9 Å². The van der Waals surface area contributed by atoms with E-state index in [1.807, 2.05) is 0 Å². The number of carbonyl (C=O) groups is 1. The van der Waals surface area contributed by atoms with E-state index < -0.39 is 22.0 Å². The molecule has 0 aliphatic carbocycles.